The topological polar surface area (TPSA) is 36.3 Å². The van der Waals surface area contributed by atoms with Gasteiger partial charge in [-0.3, -0.25) is 4.90 Å². The maximum absolute atomic E-state index is 12.9. The molecule has 3 rings (SSSR count). The predicted molar refractivity (Wildman–Crippen MR) is 91.1 cm³/mol. The summed E-state index contributed by atoms with van der Waals surface area (Å²) in [5, 5.41) is 8.79. The Morgan fingerprint density at radius 3 is 2.33 bits per heavy atom. The Morgan fingerprint density at radius 1 is 1.04 bits per heavy atom. The zero-order valence-corrected chi connectivity index (χ0v) is 13.6. The van der Waals surface area contributed by atoms with Crippen molar-refractivity contribution in [1.82, 2.24) is 4.90 Å². The normalized spacial score (nSPS) is 15.8. The van der Waals surface area contributed by atoms with Crippen LogP contribution in [0, 0.1) is 23.1 Å². The van der Waals surface area contributed by atoms with E-state index in [1.807, 2.05) is 24.3 Å². The van der Waals surface area contributed by atoms with Crippen molar-refractivity contribution >= 4 is 0 Å². The van der Waals surface area contributed by atoms with Crippen LogP contribution in [0.15, 0.2) is 48.5 Å². The highest BCUT2D eigenvalue weighted by atomic mass is 19.1. The Balaban J connectivity index is 1.41. The number of likely N-dealkylation sites (tertiary alicyclic amines) is 1. The first-order valence-electron chi connectivity index (χ1n) is 8.33. The van der Waals surface area contributed by atoms with Crippen LogP contribution in [0.25, 0.3) is 0 Å². The van der Waals surface area contributed by atoms with Crippen LogP contribution in [-0.2, 0) is 6.54 Å². The van der Waals surface area contributed by atoms with E-state index in [0.29, 0.717) is 11.5 Å². The number of hydrogen-bond acceptors (Lipinski definition) is 3. The maximum Gasteiger partial charge on any atom is 0.123 e. The van der Waals surface area contributed by atoms with Gasteiger partial charge in [0.1, 0.15) is 11.6 Å². The molecule has 0 bridgehead atoms. The third-order valence-corrected chi connectivity index (χ3v) is 4.50. The molecule has 24 heavy (non-hydrogen) atoms. The second kappa shape index (κ2) is 7.94. The van der Waals surface area contributed by atoms with Gasteiger partial charge in [0.05, 0.1) is 18.2 Å². The first-order valence-corrected chi connectivity index (χ1v) is 8.33. The van der Waals surface area contributed by atoms with E-state index in [0.717, 1.165) is 50.4 Å². The number of benzene rings is 2. The Bertz CT molecular complexity index is 683. The fourth-order valence-electron chi connectivity index (χ4n) is 3.00. The molecule has 1 saturated heterocycles. The molecule has 0 saturated carbocycles. The third-order valence-electron chi connectivity index (χ3n) is 4.50. The van der Waals surface area contributed by atoms with Crippen LogP contribution in [0.3, 0.4) is 0 Å². The van der Waals surface area contributed by atoms with Crippen molar-refractivity contribution in [2.75, 3.05) is 19.7 Å². The molecule has 124 valence electrons. The number of piperidine rings is 1. The molecule has 0 atom stereocenters. The molecule has 2 aromatic rings. The molecule has 4 heteroatoms. The van der Waals surface area contributed by atoms with Crippen LogP contribution < -0.4 is 4.74 Å². The highest BCUT2D eigenvalue weighted by Crippen LogP contribution is 2.21. The second-order valence-electron chi connectivity index (χ2n) is 6.29. The monoisotopic (exact) mass is 324 g/mol. The number of hydrogen-bond donors (Lipinski definition) is 0. The molecule has 0 radical (unpaired) electrons. The first-order chi connectivity index (χ1) is 11.7. The van der Waals surface area contributed by atoms with E-state index in [9.17, 15) is 4.39 Å². The molecule has 1 fully saturated rings. The Kier molecular flexibility index (Phi) is 5.45. The summed E-state index contributed by atoms with van der Waals surface area (Å²) in [6.45, 7) is 3.68. The molecule has 0 aliphatic carbocycles. The van der Waals surface area contributed by atoms with Crippen molar-refractivity contribution < 1.29 is 9.13 Å². The van der Waals surface area contributed by atoms with E-state index in [-0.39, 0.29) is 5.82 Å². The van der Waals surface area contributed by atoms with Gasteiger partial charge in [0.15, 0.2) is 0 Å². The molecule has 0 aromatic heterocycles. The summed E-state index contributed by atoms with van der Waals surface area (Å²) in [6.07, 6.45) is 2.22. The quantitative estimate of drug-likeness (QED) is 0.834. The van der Waals surface area contributed by atoms with Crippen LogP contribution in [0.4, 0.5) is 4.39 Å². The lowest BCUT2D eigenvalue weighted by atomic mass is 9.97. The lowest BCUT2D eigenvalue weighted by Crippen LogP contribution is -2.35. The van der Waals surface area contributed by atoms with Crippen molar-refractivity contribution in [3.05, 3.63) is 65.5 Å². The Hall–Kier alpha value is -2.38. The first kappa shape index (κ1) is 16.5. The molecule has 1 aliphatic rings. The summed E-state index contributed by atoms with van der Waals surface area (Å²) in [5.74, 6) is 1.20. The van der Waals surface area contributed by atoms with Gasteiger partial charge in [0.2, 0.25) is 0 Å². The van der Waals surface area contributed by atoms with Crippen molar-refractivity contribution in [1.29, 1.82) is 5.26 Å². The third kappa shape index (κ3) is 4.56. The maximum atomic E-state index is 12.9. The van der Waals surface area contributed by atoms with Gasteiger partial charge in [-0.25, -0.2) is 4.39 Å². The van der Waals surface area contributed by atoms with Gasteiger partial charge in [-0.2, -0.15) is 5.26 Å². The van der Waals surface area contributed by atoms with Gasteiger partial charge in [-0.15, -0.1) is 0 Å². The van der Waals surface area contributed by atoms with Gasteiger partial charge in [0.25, 0.3) is 0 Å². The largest absolute Gasteiger partial charge is 0.493 e. The second-order valence-corrected chi connectivity index (χ2v) is 6.29. The van der Waals surface area contributed by atoms with E-state index >= 15 is 0 Å². The van der Waals surface area contributed by atoms with Crippen molar-refractivity contribution in [2.45, 2.75) is 19.4 Å². The molecular weight excluding hydrogens is 303 g/mol. The molecule has 0 amide bonds. The highest BCUT2D eigenvalue weighted by Gasteiger charge is 2.19. The molecule has 2 aromatic carbocycles. The van der Waals surface area contributed by atoms with Crippen molar-refractivity contribution in [3.63, 3.8) is 0 Å². The van der Waals surface area contributed by atoms with Gasteiger partial charge < -0.3 is 4.74 Å². The van der Waals surface area contributed by atoms with E-state index in [1.165, 1.54) is 12.1 Å². The van der Waals surface area contributed by atoms with Gasteiger partial charge >= 0.3 is 0 Å². The Labute approximate surface area is 142 Å². The van der Waals surface area contributed by atoms with E-state index in [4.69, 9.17) is 10.00 Å². The summed E-state index contributed by atoms with van der Waals surface area (Å²) < 4.78 is 18.8. The van der Waals surface area contributed by atoms with Crippen LogP contribution >= 0.6 is 0 Å². The predicted octanol–water partition coefficient (Wildman–Crippen LogP) is 3.99. The summed E-state index contributed by atoms with van der Waals surface area (Å²) in [5.41, 5.74) is 1.81. The van der Waals surface area contributed by atoms with Crippen LogP contribution in [0.5, 0.6) is 5.75 Å². The zero-order valence-electron chi connectivity index (χ0n) is 13.6. The molecular formula is C20H21FN2O. The highest BCUT2D eigenvalue weighted by molar-refractivity contribution is 5.34. The zero-order chi connectivity index (χ0) is 16.8. The van der Waals surface area contributed by atoms with Crippen LogP contribution in [-0.4, -0.2) is 24.6 Å². The molecule has 0 unspecified atom stereocenters. The summed E-state index contributed by atoms with van der Waals surface area (Å²) in [7, 11) is 0. The summed E-state index contributed by atoms with van der Waals surface area (Å²) in [4.78, 5) is 2.41. The number of halogens is 1. The van der Waals surface area contributed by atoms with Crippen LogP contribution in [0.1, 0.15) is 24.0 Å². The number of nitrogens with zero attached hydrogens (tertiary/aromatic N) is 2. The fourth-order valence-corrected chi connectivity index (χ4v) is 3.00. The minimum absolute atomic E-state index is 0.183. The average molecular weight is 324 g/mol. The number of nitriles is 1. The lowest BCUT2D eigenvalue weighted by molar-refractivity contribution is 0.136. The van der Waals surface area contributed by atoms with Gasteiger partial charge in [-0.05, 0) is 73.8 Å². The summed E-state index contributed by atoms with van der Waals surface area (Å²) >= 11 is 0. The van der Waals surface area contributed by atoms with E-state index < -0.39 is 0 Å². The standard InChI is InChI=1S/C20H21FN2O/c21-19-5-1-17(2-6-19)14-23-11-9-18(10-12-23)15-24-20-7-3-16(13-22)4-8-20/h1-8,18H,9-12,14-15H2. The fraction of sp³-hybridized carbons (Fsp3) is 0.350. The molecule has 0 N–H and O–H groups in total. The summed E-state index contributed by atoms with van der Waals surface area (Å²) in [6, 6.07) is 16.1. The van der Waals surface area contributed by atoms with Gasteiger partial charge in [0, 0.05) is 6.54 Å². The van der Waals surface area contributed by atoms with Crippen molar-refractivity contribution in [3.8, 4) is 11.8 Å². The van der Waals surface area contributed by atoms with E-state index in [2.05, 4.69) is 11.0 Å². The van der Waals surface area contributed by atoms with Crippen molar-refractivity contribution in [2.24, 2.45) is 5.92 Å². The molecule has 1 heterocycles. The minimum atomic E-state index is -0.183. The molecule has 1 aliphatic heterocycles. The minimum Gasteiger partial charge on any atom is -0.493 e. The van der Waals surface area contributed by atoms with Crippen LogP contribution in [0.2, 0.25) is 0 Å². The van der Waals surface area contributed by atoms with Gasteiger partial charge in [-0.1, -0.05) is 12.1 Å². The molecule has 3 nitrogen and oxygen atoms in total. The Morgan fingerprint density at radius 2 is 1.71 bits per heavy atom. The molecule has 0 spiro atoms. The SMILES string of the molecule is N#Cc1ccc(OCC2CCN(Cc3ccc(F)cc3)CC2)cc1. The average Bonchev–Trinajstić information content (AvgIpc) is 2.63. The lowest BCUT2D eigenvalue weighted by Gasteiger charge is -2.31. The number of ether oxygens (including phenoxy) is 1. The van der Waals surface area contributed by atoms with E-state index in [1.54, 1.807) is 12.1 Å². The number of rotatable bonds is 5. The smallest absolute Gasteiger partial charge is 0.123 e.